The summed E-state index contributed by atoms with van der Waals surface area (Å²) in [5.74, 6) is -0.918. The summed E-state index contributed by atoms with van der Waals surface area (Å²) >= 11 is 0. The fourth-order valence-corrected chi connectivity index (χ4v) is 1.80. The number of hydrogen-bond donors (Lipinski definition) is 1. The Balaban J connectivity index is 2.19. The van der Waals surface area contributed by atoms with E-state index in [1.54, 1.807) is 30.1 Å². The van der Waals surface area contributed by atoms with Gasteiger partial charge in [0.1, 0.15) is 11.3 Å². The molecule has 1 aromatic carbocycles. The highest BCUT2D eigenvalue weighted by Gasteiger charge is 2.31. The van der Waals surface area contributed by atoms with Gasteiger partial charge in [-0.1, -0.05) is 12.1 Å². The molecule has 5 heteroatoms. The first-order valence-electron chi connectivity index (χ1n) is 5.33. The number of likely N-dealkylation sites (tertiary alicyclic amines) is 1. The molecule has 1 atom stereocenters. The lowest BCUT2D eigenvalue weighted by Gasteiger charge is -2.14. The topological polar surface area (TPSA) is 66.8 Å². The van der Waals surface area contributed by atoms with Gasteiger partial charge in [0.25, 0.3) is 5.91 Å². The molecule has 2 rings (SSSR count). The van der Waals surface area contributed by atoms with E-state index in [4.69, 9.17) is 9.84 Å². The molecule has 0 saturated carbocycles. The third-order valence-corrected chi connectivity index (χ3v) is 2.77. The van der Waals surface area contributed by atoms with Gasteiger partial charge >= 0.3 is 5.97 Å². The summed E-state index contributed by atoms with van der Waals surface area (Å²) in [4.78, 5) is 24.2. The van der Waals surface area contributed by atoms with Crippen molar-refractivity contribution in [1.29, 1.82) is 0 Å². The minimum absolute atomic E-state index is 0.0786. The van der Waals surface area contributed by atoms with Crippen molar-refractivity contribution in [2.24, 2.45) is 0 Å². The zero-order valence-electron chi connectivity index (χ0n) is 9.42. The quantitative estimate of drug-likeness (QED) is 0.848. The third kappa shape index (κ3) is 2.22. The second-order valence-electron chi connectivity index (χ2n) is 3.96. The van der Waals surface area contributed by atoms with Crippen LogP contribution in [-0.2, 0) is 4.79 Å². The first-order chi connectivity index (χ1) is 8.09. The molecular formula is C12H13NO4. The molecule has 0 bridgehead atoms. The molecule has 1 fully saturated rings. The van der Waals surface area contributed by atoms with E-state index in [1.165, 1.54) is 6.07 Å². The molecule has 1 N–H and O–H groups in total. The standard InChI is InChI=1S/C12H13NO4/c1-13-7-6-10(11(13)14)17-9-5-3-2-4-8(9)12(15)16/h2-5,10H,6-7H2,1H3,(H,15,16). The maximum absolute atomic E-state index is 11.6. The van der Waals surface area contributed by atoms with Crippen molar-refractivity contribution in [2.75, 3.05) is 13.6 Å². The number of carboxylic acid groups (broad SMARTS) is 1. The van der Waals surface area contributed by atoms with Crippen molar-refractivity contribution in [3.8, 4) is 5.75 Å². The Bertz CT molecular complexity index is 458. The molecule has 0 aromatic heterocycles. The number of nitrogens with zero attached hydrogens (tertiary/aromatic N) is 1. The summed E-state index contributed by atoms with van der Waals surface area (Å²) in [6.07, 6.45) is 0.0176. The summed E-state index contributed by atoms with van der Waals surface area (Å²) in [5, 5.41) is 8.98. The molecular weight excluding hydrogens is 222 g/mol. The van der Waals surface area contributed by atoms with E-state index in [0.717, 1.165) is 0 Å². The number of para-hydroxylation sites is 1. The maximum atomic E-state index is 11.6. The molecule has 1 saturated heterocycles. The number of amides is 1. The number of aromatic carboxylic acids is 1. The number of carboxylic acids is 1. The van der Waals surface area contributed by atoms with Crippen LogP contribution >= 0.6 is 0 Å². The summed E-state index contributed by atoms with van der Waals surface area (Å²) in [6, 6.07) is 6.33. The highest BCUT2D eigenvalue weighted by molar-refractivity contribution is 5.91. The van der Waals surface area contributed by atoms with Crippen LogP contribution < -0.4 is 4.74 Å². The largest absolute Gasteiger partial charge is 0.480 e. The van der Waals surface area contributed by atoms with E-state index in [9.17, 15) is 9.59 Å². The number of hydrogen-bond acceptors (Lipinski definition) is 3. The highest BCUT2D eigenvalue weighted by atomic mass is 16.5. The van der Waals surface area contributed by atoms with E-state index in [0.29, 0.717) is 13.0 Å². The molecule has 0 radical (unpaired) electrons. The summed E-state index contributed by atoms with van der Waals surface area (Å²) in [7, 11) is 1.70. The van der Waals surface area contributed by atoms with Gasteiger partial charge in [0, 0.05) is 20.0 Å². The van der Waals surface area contributed by atoms with Crippen LogP contribution in [0.1, 0.15) is 16.8 Å². The Morgan fingerprint density at radius 1 is 1.47 bits per heavy atom. The Kier molecular flexibility index (Phi) is 2.99. The lowest BCUT2D eigenvalue weighted by molar-refractivity contribution is -0.132. The average Bonchev–Trinajstić information content (AvgIpc) is 2.61. The van der Waals surface area contributed by atoms with Gasteiger partial charge in [-0.2, -0.15) is 0 Å². The number of ether oxygens (including phenoxy) is 1. The Hall–Kier alpha value is -2.04. The predicted octanol–water partition coefficient (Wildman–Crippen LogP) is 0.994. The first-order valence-corrected chi connectivity index (χ1v) is 5.33. The molecule has 17 heavy (non-hydrogen) atoms. The van der Waals surface area contributed by atoms with Crippen LogP contribution in [0.3, 0.4) is 0 Å². The van der Waals surface area contributed by atoms with E-state index in [1.807, 2.05) is 0 Å². The maximum Gasteiger partial charge on any atom is 0.339 e. The van der Waals surface area contributed by atoms with Crippen molar-refractivity contribution in [1.82, 2.24) is 4.90 Å². The molecule has 1 heterocycles. The Morgan fingerprint density at radius 2 is 2.18 bits per heavy atom. The van der Waals surface area contributed by atoms with Crippen LogP contribution in [0.5, 0.6) is 5.75 Å². The minimum Gasteiger partial charge on any atom is -0.480 e. The van der Waals surface area contributed by atoms with Gasteiger partial charge in [0.2, 0.25) is 0 Å². The van der Waals surface area contributed by atoms with E-state index in [-0.39, 0.29) is 17.2 Å². The minimum atomic E-state index is -1.06. The number of benzene rings is 1. The van der Waals surface area contributed by atoms with Crippen molar-refractivity contribution < 1.29 is 19.4 Å². The van der Waals surface area contributed by atoms with E-state index < -0.39 is 12.1 Å². The summed E-state index contributed by atoms with van der Waals surface area (Å²) in [6.45, 7) is 0.638. The van der Waals surface area contributed by atoms with Gasteiger partial charge in [0.05, 0.1) is 0 Å². The molecule has 1 aliphatic rings. The van der Waals surface area contributed by atoms with Crippen molar-refractivity contribution in [3.05, 3.63) is 29.8 Å². The highest BCUT2D eigenvalue weighted by Crippen LogP contribution is 2.22. The third-order valence-electron chi connectivity index (χ3n) is 2.77. The Morgan fingerprint density at radius 3 is 2.76 bits per heavy atom. The fraction of sp³-hybridized carbons (Fsp3) is 0.333. The molecule has 0 spiro atoms. The van der Waals surface area contributed by atoms with Crippen LogP contribution in [0.25, 0.3) is 0 Å². The molecule has 90 valence electrons. The van der Waals surface area contributed by atoms with E-state index in [2.05, 4.69) is 0 Å². The second-order valence-corrected chi connectivity index (χ2v) is 3.96. The molecule has 1 aliphatic heterocycles. The summed E-state index contributed by atoms with van der Waals surface area (Å²) in [5.41, 5.74) is 0.0786. The predicted molar refractivity (Wildman–Crippen MR) is 60.1 cm³/mol. The molecule has 5 nitrogen and oxygen atoms in total. The van der Waals surface area contributed by atoms with Gasteiger partial charge in [-0.25, -0.2) is 4.79 Å². The lowest BCUT2D eigenvalue weighted by Crippen LogP contribution is -2.29. The van der Waals surface area contributed by atoms with Crippen LogP contribution in [0.2, 0.25) is 0 Å². The van der Waals surface area contributed by atoms with Gasteiger partial charge in [-0.3, -0.25) is 4.79 Å². The smallest absolute Gasteiger partial charge is 0.339 e. The van der Waals surface area contributed by atoms with Crippen LogP contribution in [0.4, 0.5) is 0 Å². The molecule has 1 aromatic rings. The summed E-state index contributed by atoms with van der Waals surface area (Å²) < 4.78 is 5.48. The monoisotopic (exact) mass is 235 g/mol. The van der Waals surface area contributed by atoms with Gasteiger partial charge in [-0.05, 0) is 12.1 Å². The normalized spacial score (nSPS) is 19.5. The lowest BCUT2D eigenvalue weighted by atomic mass is 10.2. The van der Waals surface area contributed by atoms with Gasteiger partial charge in [-0.15, -0.1) is 0 Å². The molecule has 1 unspecified atom stereocenters. The van der Waals surface area contributed by atoms with Crippen LogP contribution in [0, 0.1) is 0 Å². The van der Waals surface area contributed by atoms with Crippen molar-refractivity contribution >= 4 is 11.9 Å². The van der Waals surface area contributed by atoms with Crippen molar-refractivity contribution in [3.63, 3.8) is 0 Å². The van der Waals surface area contributed by atoms with Crippen molar-refractivity contribution in [2.45, 2.75) is 12.5 Å². The van der Waals surface area contributed by atoms with E-state index >= 15 is 0 Å². The number of rotatable bonds is 3. The first kappa shape index (κ1) is 11.4. The van der Waals surface area contributed by atoms with Gasteiger partial charge < -0.3 is 14.7 Å². The SMILES string of the molecule is CN1CCC(Oc2ccccc2C(=O)O)C1=O. The molecule has 0 aliphatic carbocycles. The van der Waals surface area contributed by atoms with Gasteiger partial charge in [0.15, 0.2) is 6.10 Å². The van der Waals surface area contributed by atoms with Crippen LogP contribution in [0.15, 0.2) is 24.3 Å². The fourth-order valence-electron chi connectivity index (χ4n) is 1.80. The van der Waals surface area contributed by atoms with Crippen LogP contribution in [-0.4, -0.2) is 41.6 Å². The molecule has 1 amide bonds. The zero-order chi connectivity index (χ0) is 12.4. The number of likely N-dealkylation sites (N-methyl/N-ethyl adjacent to an activating group) is 1. The average molecular weight is 235 g/mol. The number of carbonyl (C=O) groups excluding carboxylic acids is 1. The zero-order valence-corrected chi connectivity index (χ0v) is 9.42. The Labute approximate surface area is 98.6 Å². The number of carbonyl (C=O) groups is 2. The second kappa shape index (κ2) is 4.45.